The first-order valence-electron chi connectivity index (χ1n) is 6.89. The molecule has 132 valence electrons. The van der Waals surface area contributed by atoms with Crippen molar-refractivity contribution in [3.05, 3.63) is 55.2 Å². The van der Waals surface area contributed by atoms with Crippen molar-refractivity contribution in [1.82, 2.24) is 9.13 Å². The Morgan fingerprint density at radius 1 is 1.24 bits per heavy atom. The molecule has 0 aliphatic rings. The van der Waals surface area contributed by atoms with Gasteiger partial charge in [-0.3, -0.25) is 18.7 Å². The van der Waals surface area contributed by atoms with E-state index >= 15 is 0 Å². The van der Waals surface area contributed by atoms with Crippen molar-refractivity contribution >= 4 is 29.2 Å². The second kappa shape index (κ2) is 6.81. The number of carbonyl (C=O) groups excluding carboxylic acids is 2. The van der Waals surface area contributed by atoms with E-state index < -0.39 is 40.9 Å². The third-order valence-corrected chi connectivity index (χ3v) is 3.74. The lowest BCUT2D eigenvalue weighted by Crippen LogP contribution is -2.42. The summed E-state index contributed by atoms with van der Waals surface area (Å²) in [4.78, 5) is 47.9. The van der Waals surface area contributed by atoms with Crippen LogP contribution in [-0.4, -0.2) is 32.6 Å². The van der Waals surface area contributed by atoms with Crippen LogP contribution in [0.3, 0.4) is 0 Å². The van der Waals surface area contributed by atoms with Gasteiger partial charge in [-0.1, -0.05) is 11.6 Å². The average Bonchev–Trinajstić information content (AvgIpc) is 2.56. The molecule has 10 heteroatoms. The van der Waals surface area contributed by atoms with Gasteiger partial charge in [0.2, 0.25) is 5.78 Å². The number of ether oxygens (including phenoxy) is 1. The molecular formula is C15H14ClN3O6. The van der Waals surface area contributed by atoms with Gasteiger partial charge >= 0.3 is 11.7 Å². The van der Waals surface area contributed by atoms with Crippen LogP contribution in [0.25, 0.3) is 0 Å². The number of nitrogen functional groups attached to an aromatic ring is 1. The van der Waals surface area contributed by atoms with Gasteiger partial charge < -0.3 is 15.6 Å². The maximum absolute atomic E-state index is 12.2. The smallest absolute Gasteiger partial charge is 0.342 e. The number of Topliss-reactive ketones (excluding diaryl/α,β-unsaturated/α-hetero) is 1. The topological polar surface area (TPSA) is 134 Å². The standard InChI is InChI=1S/C15H14ClN3O6/c1-18-12(17)11(13(22)19(2)15(18)24)10(21)6-25-14(23)8-4-3-7(16)5-9(8)20/h3-5,20H,6,17H2,1-2H3. The summed E-state index contributed by atoms with van der Waals surface area (Å²) in [6.07, 6.45) is 0. The molecule has 0 radical (unpaired) electrons. The quantitative estimate of drug-likeness (QED) is 0.576. The molecule has 25 heavy (non-hydrogen) atoms. The zero-order chi connectivity index (χ0) is 18.9. The lowest BCUT2D eigenvalue weighted by atomic mass is 10.2. The molecule has 2 rings (SSSR count). The molecule has 0 saturated carbocycles. The number of carbonyl (C=O) groups is 2. The van der Waals surface area contributed by atoms with E-state index in [-0.39, 0.29) is 16.4 Å². The minimum absolute atomic E-state index is 0.196. The van der Waals surface area contributed by atoms with Crippen molar-refractivity contribution in [1.29, 1.82) is 0 Å². The Kier molecular flexibility index (Phi) is 4.98. The van der Waals surface area contributed by atoms with Crippen molar-refractivity contribution in [2.75, 3.05) is 12.3 Å². The highest BCUT2D eigenvalue weighted by molar-refractivity contribution is 6.30. The number of nitrogens with two attached hydrogens (primary N) is 1. The normalized spacial score (nSPS) is 10.5. The third kappa shape index (κ3) is 3.41. The summed E-state index contributed by atoms with van der Waals surface area (Å²) < 4.78 is 6.45. The van der Waals surface area contributed by atoms with Crippen molar-refractivity contribution < 1.29 is 19.4 Å². The Morgan fingerprint density at radius 2 is 1.88 bits per heavy atom. The number of hydrogen-bond donors (Lipinski definition) is 2. The number of phenols is 1. The number of aromatic hydroxyl groups is 1. The van der Waals surface area contributed by atoms with Gasteiger partial charge in [-0.25, -0.2) is 9.59 Å². The van der Waals surface area contributed by atoms with Crippen molar-refractivity contribution in [3.8, 4) is 5.75 Å². The molecule has 0 saturated heterocycles. The molecule has 0 unspecified atom stereocenters. The fraction of sp³-hybridized carbons (Fsp3) is 0.200. The Hall–Kier alpha value is -3.07. The van der Waals surface area contributed by atoms with E-state index in [9.17, 15) is 24.3 Å². The van der Waals surface area contributed by atoms with Gasteiger partial charge in [-0.2, -0.15) is 0 Å². The summed E-state index contributed by atoms with van der Waals surface area (Å²) in [5.41, 5.74) is 3.40. The number of esters is 1. The zero-order valence-corrected chi connectivity index (χ0v) is 14.0. The summed E-state index contributed by atoms with van der Waals surface area (Å²) in [6, 6.07) is 3.73. The van der Waals surface area contributed by atoms with Gasteiger partial charge in [0.05, 0.1) is 0 Å². The maximum Gasteiger partial charge on any atom is 0.342 e. The van der Waals surface area contributed by atoms with E-state index in [0.29, 0.717) is 0 Å². The van der Waals surface area contributed by atoms with E-state index in [2.05, 4.69) is 0 Å². The minimum atomic E-state index is -0.984. The molecule has 1 heterocycles. The van der Waals surface area contributed by atoms with Gasteiger partial charge in [0.15, 0.2) is 6.61 Å². The first kappa shape index (κ1) is 18.3. The molecule has 1 aromatic carbocycles. The van der Waals surface area contributed by atoms with Crippen LogP contribution in [0.4, 0.5) is 5.82 Å². The summed E-state index contributed by atoms with van der Waals surface area (Å²) in [5.74, 6) is -2.61. The van der Waals surface area contributed by atoms with Crippen LogP contribution < -0.4 is 17.0 Å². The van der Waals surface area contributed by atoms with Crippen LogP contribution in [0.5, 0.6) is 5.75 Å². The van der Waals surface area contributed by atoms with Gasteiger partial charge in [0, 0.05) is 19.1 Å². The molecule has 0 amide bonds. The predicted molar refractivity (Wildman–Crippen MR) is 89.1 cm³/mol. The number of aromatic nitrogens is 2. The number of benzene rings is 1. The van der Waals surface area contributed by atoms with Gasteiger partial charge in [0.25, 0.3) is 5.56 Å². The Morgan fingerprint density at radius 3 is 2.48 bits per heavy atom. The van der Waals surface area contributed by atoms with Crippen LogP contribution in [0.1, 0.15) is 20.7 Å². The number of ketones is 1. The van der Waals surface area contributed by atoms with Crippen LogP contribution in [0, 0.1) is 0 Å². The number of halogens is 1. The number of nitrogens with zero attached hydrogens (tertiary/aromatic N) is 2. The van der Waals surface area contributed by atoms with Crippen LogP contribution in [0.15, 0.2) is 27.8 Å². The zero-order valence-electron chi connectivity index (χ0n) is 13.3. The Labute approximate surface area is 145 Å². The Balaban J connectivity index is 2.26. The van der Waals surface area contributed by atoms with Crippen LogP contribution in [0.2, 0.25) is 5.02 Å². The highest BCUT2D eigenvalue weighted by Gasteiger charge is 2.22. The fourth-order valence-electron chi connectivity index (χ4n) is 2.08. The highest BCUT2D eigenvalue weighted by Crippen LogP contribution is 2.22. The lowest BCUT2D eigenvalue weighted by molar-refractivity contribution is 0.0471. The number of anilines is 1. The molecule has 2 aromatic rings. The molecule has 0 spiro atoms. The molecule has 0 aliphatic heterocycles. The lowest BCUT2D eigenvalue weighted by Gasteiger charge is -2.11. The van der Waals surface area contributed by atoms with E-state index in [0.717, 1.165) is 15.2 Å². The Bertz CT molecular complexity index is 992. The first-order chi connectivity index (χ1) is 11.6. The molecule has 0 aliphatic carbocycles. The van der Waals surface area contributed by atoms with Gasteiger partial charge in [0.1, 0.15) is 22.7 Å². The summed E-state index contributed by atoms with van der Waals surface area (Å²) in [5, 5.41) is 9.87. The summed E-state index contributed by atoms with van der Waals surface area (Å²) >= 11 is 5.66. The SMILES string of the molecule is Cn1c(N)c(C(=O)COC(=O)c2ccc(Cl)cc2O)c(=O)n(C)c1=O. The van der Waals surface area contributed by atoms with E-state index in [4.69, 9.17) is 22.1 Å². The number of hydrogen-bond acceptors (Lipinski definition) is 7. The third-order valence-electron chi connectivity index (χ3n) is 3.50. The predicted octanol–water partition coefficient (Wildman–Crippen LogP) is 0.0649. The maximum atomic E-state index is 12.2. The molecular weight excluding hydrogens is 354 g/mol. The number of phenolic OH excluding ortho intramolecular Hbond substituents is 1. The van der Waals surface area contributed by atoms with E-state index in [1.54, 1.807) is 0 Å². The van der Waals surface area contributed by atoms with Crippen molar-refractivity contribution in [3.63, 3.8) is 0 Å². The fourth-order valence-corrected chi connectivity index (χ4v) is 2.25. The molecule has 3 N–H and O–H groups in total. The van der Waals surface area contributed by atoms with Gasteiger partial charge in [-0.15, -0.1) is 0 Å². The average molecular weight is 368 g/mol. The molecule has 0 fully saturated rings. The molecule has 0 atom stereocenters. The van der Waals surface area contributed by atoms with Gasteiger partial charge in [-0.05, 0) is 18.2 Å². The summed E-state index contributed by atoms with van der Waals surface area (Å²) in [7, 11) is 2.49. The van der Waals surface area contributed by atoms with Crippen LogP contribution >= 0.6 is 11.6 Å². The molecule has 1 aromatic heterocycles. The first-order valence-corrected chi connectivity index (χ1v) is 7.27. The molecule has 0 bridgehead atoms. The van der Waals surface area contributed by atoms with E-state index in [1.165, 1.54) is 26.2 Å². The second-order valence-electron chi connectivity index (χ2n) is 5.13. The minimum Gasteiger partial charge on any atom is -0.507 e. The van der Waals surface area contributed by atoms with Crippen molar-refractivity contribution in [2.24, 2.45) is 14.1 Å². The summed E-state index contributed by atoms with van der Waals surface area (Å²) in [6.45, 7) is -0.793. The molecule has 9 nitrogen and oxygen atoms in total. The largest absolute Gasteiger partial charge is 0.507 e. The monoisotopic (exact) mass is 367 g/mol. The second-order valence-corrected chi connectivity index (χ2v) is 5.56. The van der Waals surface area contributed by atoms with Crippen molar-refractivity contribution in [2.45, 2.75) is 0 Å². The van der Waals surface area contributed by atoms with Crippen LogP contribution in [-0.2, 0) is 18.8 Å². The van der Waals surface area contributed by atoms with E-state index in [1.807, 2.05) is 0 Å². The highest BCUT2D eigenvalue weighted by atomic mass is 35.5. The number of rotatable bonds is 4.